The first kappa shape index (κ1) is 14.7. The van der Waals surface area contributed by atoms with Crippen molar-refractivity contribution in [2.45, 2.75) is 33.1 Å². The van der Waals surface area contributed by atoms with Gasteiger partial charge in [0.1, 0.15) is 0 Å². The molecule has 0 aromatic heterocycles. The molecule has 0 saturated heterocycles. The minimum Gasteiger partial charge on any atom is -0.404 e. The van der Waals surface area contributed by atoms with Gasteiger partial charge in [-0.2, -0.15) is 0 Å². The maximum absolute atomic E-state index is 12.4. The van der Waals surface area contributed by atoms with Gasteiger partial charge in [0, 0.05) is 0 Å². The number of hydrogen-bond acceptors (Lipinski definition) is 2. The number of hydrogen-bond donors (Lipinski definition) is 1. The number of nitrogens with one attached hydrogen (secondary N) is 1. The first-order chi connectivity index (χ1) is 9.20. The zero-order chi connectivity index (χ0) is 15.1. The summed E-state index contributed by atoms with van der Waals surface area (Å²) in [6, 6.07) is 4.34. The molecule has 1 amide bonds. The second-order valence-electron chi connectivity index (χ2n) is 5.34. The number of rotatable bonds is 3. The van der Waals surface area contributed by atoms with E-state index in [-0.39, 0.29) is 29.2 Å². The first-order valence-electron chi connectivity index (χ1n) is 6.40. The van der Waals surface area contributed by atoms with Crippen LogP contribution >= 0.6 is 0 Å². The van der Waals surface area contributed by atoms with Crippen molar-refractivity contribution in [1.82, 2.24) is 0 Å². The van der Waals surface area contributed by atoms with Gasteiger partial charge in [0.2, 0.25) is 5.91 Å². The second kappa shape index (κ2) is 5.00. The quantitative estimate of drug-likeness (QED) is 0.915. The van der Waals surface area contributed by atoms with Crippen LogP contribution in [0.4, 0.5) is 18.9 Å². The number of benzene rings is 1. The highest BCUT2D eigenvalue weighted by molar-refractivity contribution is 6.04. The molecule has 1 aliphatic rings. The summed E-state index contributed by atoms with van der Waals surface area (Å²) < 4.78 is 41.0. The van der Waals surface area contributed by atoms with E-state index in [2.05, 4.69) is 10.1 Å². The van der Waals surface area contributed by atoms with Gasteiger partial charge in [0.15, 0.2) is 5.75 Å². The number of carbonyl (C=O) groups excluding carboxylic acids is 1. The molecule has 1 aromatic rings. The topological polar surface area (TPSA) is 38.3 Å². The van der Waals surface area contributed by atoms with Crippen LogP contribution in [0.5, 0.6) is 5.75 Å². The van der Waals surface area contributed by atoms with E-state index in [0.717, 1.165) is 0 Å². The van der Waals surface area contributed by atoms with E-state index < -0.39 is 12.3 Å². The summed E-state index contributed by atoms with van der Waals surface area (Å²) in [6.45, 7) is 5.87. The van der Waals surface area contributed by atoms with Crippen LogP contribution in [0.3, 0.4) is 0 Å². The molecule has 0 aliphatic carbocycles. The van der Waals surface area contributed by atoms with Crippen LogP contribution in [0.1, 0.15) is 32.3 Å². The summed E-state index contributed by atoms with van der Waals surface area (Å²) in [5.41, 5.74) is 0.699. The van der Waals surface area contributed by atoms with Gasteiger partial charge >= 0.3 is 6.36 Å². The molecular formula is C14H16F3NO2. The third-order valence-electron chi connectivity index (χ3n) is 3.73. The van der Waals surface area contributed by atoms with Crippen molar-refractivity contribution in [3.63, 3.8) is 0 Å². The average molecular weight is 287 g/mol. The summed E-state index contributed by atoms with van der Waals surface area (Å²) >= 11 is 0. The molecule has 0 radical (unpaired) electrons. The predicted molar refractivity (Wildman–Crippen MR) is 68.5 cm³/mol. The van der Waals surface area contributed by atoms with Crippen LogP contribution in [0.25, 0.3) is 0 Å². The lowest BCUT2D eigenvalue weighted by Gasteiger charge is -2.21. The maximum Gasteiger partial charge on any atom is 0.573 e. The van der Waals surface area contributed by atoms with Gasteiger partial charge in [-0.05, 0) is 23.5 Å². The Morgan fingerprint density at radius 3 is 2.45 bits per heavy atom. The molecule has 2 unspecified atom stereocenters. The summed E-state index contributed by atoms with van der Waals surface area (Å²) in [5.74, 6) is -0.815. The molecule has 6 heteroatoms. The lowest BCUT2D eigenvalue weighted by Crippen LogP contribution is -2.22. The number of halogens is 3. The summed E-state index contributed by atoms with van der Waals surface area (Å²) in [6.07, 6.45) is -4.78. The number of anilines is 1. The number of carbonyl (C=O) groups is 1. The van der Waals surface area contributed by atoms with Crippen molar-refractivity contribution in [2.24, 2.45) is 11.8 Å². The fourth-order valence-electron chi connectivity index (χ4n) is 2.40. The van der Waals surface area contributed by atoms with Gasteiger partial charge in [0.05, 0.1) is 11.6 Å². The van der Waals surface area contributed by atoms with E-state index >= 15 is 0 Å². The van der Waals surface area contributed by atoms with E-state index in [1.807, 2.05) is 20.8 Å². The fraction of sp³-hybridized carbons (Fsp3) is 0.500. The zero-order valence-corrected chi connectivity index (χ0v) is 11.4. The molecule has 2 rings (SSSR count). The van der Waals surface area contributed by atoms with Crippen molar-refractivity contribution < 1.29 is 22.7 Å². The minimum atomic E-state index is -4.78. The number of alkyl halides is 3. The van der Waals surface area contributed by atoms with Gasteiger partial charge in [-0.25, -0.2) is 0 Å². The molecule has 1 aromatic carbocycles. The fourth-order valence-corrected chi connectivity index (χ4v) is 2.40. The van der Waals surface area contributed by atoms with Crippen LogP contribution in [0.2, 0.25) is 0 Å². The molecule has 20 heavy (non-hydrogen) atoms. The van der Waals surface area contributed by atoms with Crippen molar-refractivity contribution in [3.05, 3.63) is 23.8 Å². The monoisotopic (exact) mass is 287 g/mol. The summed E-state index contributed by atoms with van der Waals surface area (Å²) in [5, 5.41) is 2.51. The molecule has 1 heterocycles. The van der Waals surface area contributed by atoms with E-state index in [4.69, 9.17) is 0 Å². The Morgan fingerprint density at radius 1 is 1.25 bits per heavy atom. The van der Waals surface area contributed by atoms with Gasteiger partial charge < -0.3 is 10.1 Å². The Balaban J connectivity index is 2.40. The summed E-state index contributed by atoms with van der Waals surface area (Å²) in [7, 11) is 0. The lowest BCUT2D eigenvalue weighted by molar-refractivity contribution is -0.274. The normalized spacial score (nSPS) is 19.8. The van der Waals surface area contributed by atoms with Gasteiger partial charge in [-0.1, -0.05) is 32.9 Å². The van der Waals surface area contributed by atoms with E-state index in [1.165, 1.54) is 12.1 Å². The second-order valence-corrected chi connectivity index (χ2v) is 5.34. The average Bonchev–Trinajstić information content (AvgIpc) is 2.63. The third kappa shape index (κ3) is 2.73. The van der Waals surface area contributed by atoms with Crippen molar-refractivity contribution in [2.75, 3.05) is 5.32 Å². The molecular weight excluding hydrogens is 271 g/mol. The van der Waals surface area contributed by atoms with Crippen molar-refractivity contribution in [1.29, 1.82) is 0 Å². The molecule has 0 fully saturated rings. The minimum absolute atomic E-state index is 0.0254. The Labute approximate surface area is 115 Å². The molecule has 0 bridgehead atoms. The Bertz CT molecular complexity index is 526. The highest BCUT2D eigenvalue weighted by atomic mass is 19.4. The van der Waals surface area contributed by atoms with Crippen LogP contribution in [-0.4, -0.2) is 12.3 Å². The molecule has 0 saturated carbocycles. The maximum atomic E-state index is 12.4. The van der Waals surface area contributed by atoms with Crippen molar-refractivity contribution >= 4 is 11.6 Å². The first-order valence-corrected chi connectivity index (χ1v) is 6.40. The number of ether oxygens (including phenoxy) is 1. The molecule has 1 N–H and O–H groups in total. The molecule has 3 nitrogen and oxygen atoms in total. The number of para-hydroxylation sites is 1. The lowest BCUT2D eigenvalue weighted by atomic mass is 9.81. The predicted octanol–water partition coefficient (Wildman–Crippen LogP) is 3.91. The van der Waals surface area contributed by atoms with Crippen molar-refractivity contribution in [3.8, 4) is 5.75 Å². The number of amides is 1. The smallest absolute Gasteiger partial charge is 0.404 e. The van der Waals surface area contributed by atoms with Crippen LogP contribution in [0.15, 0.2) is 18.2 Å². The molecule has 1 aliphatic heterocycles. The van der Waals surface area contributed by atoms with Crippen LogP contribution in [-0.2, 0) is 4.79 Å². The van der Waals surface area contributed by atoms with E-state index in [0.29, 0.717) is 5.56 Å². The van der Waals surface area contributed by atoms with Gasteiger partial charge in [0.25, 0.3) is 0 Å². The van der Waals surface area contributed by atoms with Gasteiger partial charge in [-0.3, -0.25) is 4.79 Å². The SMILES string of the molecule is CC(C)C(C)C1C(=O)Nc2c(OC(F)(F)F)cccc21. The Hall–Kier alpha value is -1.72. The Morgan fingerprint density at radius 2 is 1.90 bits per heavy atom. The summed E-state index contributed by atoms with van der Waals surface area (Å²) in [4.78, 5) is 12.0. The van der Waals surface area contributed by atoms with Gasteiger partial charge in [-0.15, -0.1) is 13.2 Å². The molecule has 110 valence electrons. The zero-order valence-electron chi connectivity index (χ0n) is 11.4. The highest BCUT2D eigenvalue weighted by Crippen LogP contribution is 2.45. The molecule has 2 atom stereocenters. The van der Waals surface area contributed by atoms with Crippen LogP contribution < -0.4 is 10.1 Å². The largest absolute Gasteiger partial charge is 0.573 e. The highest BCUT2D eigenvalue weighted by Gasteiger charge is 2.39. The number of fused-ring (bicyclic) bond motifs is 1. The standard InChI is InChI=1S/C14H16F3NO2/c1-7(2)8(3)11-9-5-4-6-10(20-14(15,16)17)12(9)18-13(11)19/h4-8,11H,1-3H3,(H,18,19). The molecule has 0 spiro atoms. The Kier molecular flexibility index (Phi) is 3.67. The van der Waals surface area contributed by atoms with Crippen LogP contribution in [0, 0.1) is 11.8 Å². The third-order valence-corrected chi connectivity index (χ3v) is 3.73. The van der Waals surface area contributed by atoms with E-state index in [9.17, 15) is 18.0 Å². The van der Waals surface area contributed by atoms with E-state index in [1.54, 1.807) is 6.07 Å².